The van der Waals surface area contributed by atoms with Crippen molar-refractivity contribution in [2.24, 2.45) is 52.3 Å². The molecule has 12 atom stereocenters. The number of hydrogen-bond donors (Lipinski definition) is 0. The molecular formula is C29H43BrO5. The Labute approximate surface area is 218 Å². The third-order valence-corrected chi connectivity index (χ3v) is 12.7. The van der Waals surface area contributed by atoms with Crippen molar-refractivity contribution < 1.29 is 23.8 Å². The topological polar surface area (TPSA) is 61.8 Å². The Balaban J connectivity index is 1.26. The zero-order valence-electron chi connectivity index (χ0n) is 21.9. The fraction of sp³-hybridized carbons (Fsp3) is 0.931. The predicted molar refractivity (Wildman–Crippen MR) is 136 cm³/mol. The summed E-state index contributed by atoms with van der Waals surface area (Å²) in [6, 6.07) is 0. The van der Waals surface area contributed by atoms with Crippen LogP contribution in [0.4, 0.5) is 0 Å². The Morgan fingerprint density at radius 2 is 1.91 bits per heavy atom. The summed E-state index contributed by atoms with van der Waals surface area (Å²) in [7, 11) is 0. The molecular weight excluding hydrogens is 508 g/mol. The van der Waals surface area contributed by atoms with E-state index in [1.807, 2.05) is 0 Å². The summed E-state index contributed by atoms with van der Waals surface area (Å²) >= 11 is 3.84. The quantitative estimate of drug-likeness (QED) is 0.315. The number of fused-ring (bicyclic) bond motifs is 7. The molecule has 0 aromatic heterocycles. The van der Waals surface area contributed by atoms with Gasteiger partial charge in [-0.05, 0) is 80.0 Å². The van der Waals surface area contributed by atoms with Crippen LogP contribution in [-0.2, 0) is 23.8 Å². The largest absolute Gasteiger partial charge is 0.463 e. The summed E-state index contributed by atoms with van der Waals surface area (Å²) < 4.78 is 19.0. The van der Waals surface area contributed by atoms with Crippen molar-refractivity contribution in [1.29, 1.82) is 0 Å². The summed E-state index contributed by atoms with van der Waals surface area (Å²) in [5.74, 6) is 2.88. The van der Waals surface area contributed by atoms with Gasteiger partial charge < -0.3 is 14.2 Å². The minimum absolute atomic E-state index is 0.0556. The van der Waals surface area contributed by atoms with Gasteiger partial charge in [0.1, 0.15) is 11.9 Å². The van der Waals surface area contributed by atoms with Crippen molar-refractivity contribution in [2.45, 2.75) is 103 Å². The van der Waals surface area contributed by atoms with Crippen LogP contribution in [0.1, 0.15) is 85.5 Å². The zero-order valence-corrected chi connectivity index (χ0v) is 23.5. The first-order chi connectivity index (χ1) is 16.6. The fourth-order valence-electron chi connectivity index (χ4n) is 10.2. The molecule has 4 saturated carbocycles. The molecule has 6 fully saturated rings. The third kappa shape index (κ3) is 3.51. The van der Waals surface area contributed by atoms with Gasteiger partial charge in [0.05, 0.1) is 12.7 Å². The summed E-state index contributed by atoms with van der Waals surface area (Å²) in [4.78, 5) is 25.8. The minimum atomic E-state index is -0.505. The van der Waals surface area contributed by atoms with E-state index in [4.69, 9.17) is 14.2 Å². The van der Waals surface area contributed by atoms with Gasteiger partial charge in [0.2, 0.25) is 0 Å². The van der Waals surface area contributed by atoms with Crippen LogP contribution in [0.5, 0.6) is 0 Å². The van der Waals surface area contributed by atoms with Gasteiger partial charge in [0.25, 0.3) is 0 Å². The molecule has 4 aliphatic carbocycles. The highest BCUT2D eigenvalue weighted by Crippen LogP contribution is 2.70. The number of halogens is 1. The van der Waals surface area contributed by atoms with Crippen molar-refractivity contribution in [2.75, 3.05) is 11.9 Å². The van der Waals surface area contributed by atoms with Gasteiger partial charge in [-0.3, -0.25) is 9.59 Å². The number of ether oxygens (including phenoxy) is 3. The highest BCUT2D eigenvalue weighted by atomic mass is 79.9. The Hall–Kier alpha value is -0.460. The number of ketones is 1. The van der Waals surface area contributed by atoms with E-state index in [1.165, 1.54) is 19.8 Å². The van der Waals surface area contributed by atoms with Crippen LogP contribution < -0.4 is 0 Å². The van der Waals surface area contributed by atoms with Gasteiger partial charge in [-0.1, -0.05) is 36.7 Å². The summed E-state index contributed by atoms with van der Waals surface area (Å²) in [5.41, 5.74) is -0.133. The molecule has 2 saturated heterocycles. The predicted octanol–water partition coefficient (Wildman–Crippen LogP) is 5.92. The number of rotatable bonds is 2. The minimum Gasteiger partial charge on any atom is -0.463 e. The molecule has 5 nitrogen and oxygen atoms in total. The lowest BCUT2D eigenvalue weighted by Crippen LogP contribution is -2.58. The van der Waals surface area contributed by atoms with Crippen molar-refractivity contribution >= 4 is 27.7 Å². The van der Waals surface area contributed by atoms with E-state index >= 15 is 0 Å². The second-order valence-corrected chi connectivity index (χ2v) is 14.2. The molecule has 0 aromatic carbocycles. The third-order valence-electron chi connectivity index (χ3n) is 12.0. The Bertz CT molecular complexity index is 882. The van der Waals surface area contributed by atoms with Crippen molar-refractivity contribution in [3.63, 3.8) is 0 Å². The molecule has 3 unspecified atom stereocenters. The monoisotopic (exact) mass is 550 g/mol. The van der Waals surface area contributed by atoms with E-state index < -0.39 is 5.79 Å². The van der Waals surface area contributed by atoms with E-state index in [-0.39, 0.29) is 40.8 Å². The van der Waals surface area contributed by atoms with Crippen LogP contribution in [0.25, 0.3) is 0 Å². The average molecular weight is 552 g/mol. The lowest BCUT2D eigenvalue weighted by atomic mass is 9.44. The second-order valence-electron chi connectivity index (χ2n) is 13.5. The normalized spacial score (nSPS) is 55.1. The molecule has 0 amide bonds. The lowest BCUT2D eigenvalue weighted by molar-refractivity contribution is -0.271. The number of alkyl halides is 1. The summed E-state index contributed by atoms with van der Waals surface area (Å²) in [6.45, 7) is 9.29. The molecule has 0 N–H and O–H groups in total. The molecule has 0 aromatic rings. The fourth-order valence-corrected chi connectivity index (χ4v) is 11.1. The number of esters is 1. The van der Waals surface area contributed by atoms with Gasteiger partial charge in [-0.15, -0.1) is 0 Å². The summed E-state index contributed by atoms with van der Waals surface area (Å²) in [6.07, 6.45) is 9.35. The SMILES string of the molecule is CC(=O)OC1CC[C@@]2(C)C(CC[C@H]3[C@@H]4C[C@@H]5O[C@]6(CCC(C)CO6)[C@@H](CBr)[C@@H]5[C@@]4(C)C(=O)C[C@@H]32)C1. The number of Topliss-reactive ketones (excluding diaryl/α,β-unsaturated/α-hetero) is 1. The molecule has 2 heterocycles. The first-order valence-corrected chi connectivity index (χ1v) is 15.3. The van der Waals surface area contributed by atoms with Crippen LogP contribution in [-0.4, -0.2) is 41.7 Å². The molecule has 1 spiro atoms. The van der Waals surface area contributed by atoms with Crippen LogP contribution in [0, 0.1) is 52.3 Å². The lowest BCUT2D eigenvalue weighted by Gasteiger charge is -2.60. The highest BCUT2D eigenvalue weighted by molar-refractivity contribution is 9.09. The number of carbonyl (C=O) groups excluding carboxylic acids is 2. The van der Waals surface area contributed by atoms with Crippen molar-refractivity contribution in [3.8, 4) is 0 Å². The van der Waals surface area contributed by atoms with Crippen molar-refractivity contribution in [1.82, 2.24) is 0 Å². The maximum atomic E-state index is 14.2. The van der Waals surface area contributed by atoms with E-state index in [1.54, 1.807) is 0 Å². The van der Waals surface area contributed by atoms with Crippen LogP contribution in [0.3, 0.4) is 0 Å². The molecule has 6 aliphatic rings. The molecule has 2 aliphatic heterocycles. The molecule has 0 bridgehead atoms. The molecule has 196 valence electrons. The first-order valence-electron chi connectivity index (χ1n) is 14.2. The van der Waals surface area contributed by atoms with E-state index in [9.17, 15) is 9.59 Å². The van der Waals surface area contributed by atoms with Crippen molar-refractivity contribution in [3.05, 3.63) is 0 Å². The summed E-state index contributed by atoms with van der Waals surface area (Å²) in [5, 5.41) is 0.837. The van der Waals surface area contributed by atoms with Gasteiger partial charge in [0, 0.05) is 42.3 Å². The first kappa shape index (κ1) is 24.9. The Morgan fingerprint density at radius 1 is 1.11 bits per heavy atom. The second kappa shape index (κ2) is 8.53. The van der Waals surface area contributed by atoms with Gasteiger partial charge in [-0.25, -0.2) is 0 Å². The van der Waals surface area contributed by atoms with Crippen LogP contribution in [0.2, 0.25) is 0 Å². The molecule has 6 heteroatoms. The van der Waals surface area contributed by atoms with E-state index in [0.717, 1.165) is 50.5 Å². The standard InChI is InChI=1S/C29H43BrO5/c1-16-7-10-29(33-15-16)23(14-30)26-24(35-29)12-22-20-6-5-18-11-19(34-17(2)31)8-9-27(18,3)21(20)13-25(32)28(22,26)4/h16,18-24,26H,5-15H2,1-4H3/t16?,18?,19?,20-,21+,22+,23+,24+,26+,27+,28-,29-/m1/s1. The number of hydrogen-bond acceptors (Lipinski definition) is 5. The zero-order chi connectivity index (χ0) is 24.8. The maximum Gasteiger partial charge on any atom is 0.302 e. The molecule has 0 radical (unpaired) electrons. The van der Waals surface area contributed by atoms with E-state index in [0.29, 0.717) is 41.8 Å². The van der Waals surface area contributed by atoms with Gasteiger partial charge >= 0.3 is 5.97 Å². The van der Waals surface area contributed by atoms with E-state index in [2.05, 4.69) is 36.7 Å². The highest BCUT2D eigenvalue weighted by Gasteiger charge is 2.72. The molecule has 35 heavy (non-hydrogen) atoms. The Morgan fingerprint density at radius 3 is 2.60 bits per heavy atom. The smallest absolute Gasteiger partial charge is 0.302 e. The maximum absolute atomic E-state index is 14.2. The van der Waals surface area contributed by atoms with Gasteiger partial charge in [0.15, 0.2) is 5.79 Å². The van der Waals surface area contributed by atoms with Crippen LogP contribution in [0.15, 0.2) is 0 Å². The number of carbonyl (C=O) groups is 2. The van der Waals surface area contributed by atoms with Gasteiger partial charge in [-0.2, -0.15) is 0 Å². The average Bonchev–Trinajstić information content (AvgIpc) is 3.27. The van der Waals surface area contributed by atoms with Crippen LogP contribution >= 0.6 is 15.9 Å². The molecule has 6 rings (SSSR count). The Kier molecular flexibility index (Phi) is 6.05.